The Kier molecular flexibility index (Phi) is 4.94. The zero-order valence-electron chi connectivity index (χ0n) is 16.7. The molecule has 150 valence electrons. The molecule has 0 radical (unpaired) electrons. The Labute approximate surface area is 171 Å². The first-order valence-electron chi connectivity index (χ1n) is 10.5. The number of piperazine rings is 1. The summed E-state index contributed by atoms with van der Waals surface area (Å²) in [7, 11) is 0. The van der Waals surface area contributed by atoms with Gasteiger partial charge in [0.25, 0.3) is 0 Å². The molecule has 3 aliphatic rings. The van der Waals surface area contributed by atoms with Crippen LogP contribution in [0.1, 0.15) is 36.0 Å². The summed E-state index contributed by atoms with van der Waals surface area (Å²) in [5, 5.41) is 5.72. The maximum Gasteiger partial charge on any atom is 0.319 e. The smallest absolute Gasteiger partial charge is 0.319 e. The van der Waals surface area contributed by atoms with E-state index in [1.165, 1.54) is 41.6 Å². The van der Waals surface area contributed by atoms with Crippen molar-refractivity contribution in [3.8, 4) is 0 Å². The lowest BCUT2D eigenvalue weighted by molar-refractivity contribution is 0.249. The van der Waals surface area contributed by atoms with Crippen LogP contribution in [0.5, 0.6) is 0 Å². The van der Waals surface area contributed by atoms with Gasteiger partial charge in [-0.3, -0.25) is 9.88 Å². The molecule has 1 fully saturated rings. The van der Waals surface area contributed by atoms with Crippen molar-refractivity contribution in [3.63, 3.8) is 0 Å². The van der Waals surface area contributed by atoms with Crippen molar-refractivity contribution in [2.45, 2.75) is 32.4 Å². The fourth-order valence-electron chi connectivity index (χ4n) is 4.48. The van der Waals surface area contributed by atoms with Gasteiger partial charge in [0.1, 0.15) is 0 Å². The molecular formula is C23H27N5O. The van der Waals surface area contributed by atoms with Crippen molar-refractivity contribution in [2.24, 2.45) is 0 Å². The van der Waals surface area contributed by atoms with Crippen LogP contribution in [0, 0.1) is 0 Å². The molecule has 1 saturated heterocycles. The van der Waals surface area contributed by atoms with Crippen LogP contribution in [-0.4, -0.2) is 42.1 Å². The molecular weight excluding hydrogens is 362 g/mol. The lowest BCUT2D eigenvalue weighted by atomic mass is 10.1. The minimum absolute atomic E-state index is 0.122. The second-order valence-corrected chi connectivity index (χ2v) is 8.12. The summed E-state index contributed by atoms with van der Waals surface area (Å²) in [6.45, 7) is 5.58. The van der Waals surface area contributed by atoms with Gasteiger partial charge in [-0.05, 0) is 59.7 Å². The summed E-state index contributed by atoms with van der Waals surface area (Å²) in [4.78, 5) is 21.0. The SMILES string of the molecule is O=C1NCc2ccc(N3CCN(Cc4cncc(C5=CCCC5)c4)CC3)cc2N1. The van der Waals surface area contributed by atoms with Crippen LogP contribution in [0.3, 0.4) is 0 Å². The van der Waals surface area contributed by atoms with Gasteiger partial charge in [-0.1, -0.05) is 12.1 Å². The van der Waals surface area contributed by atoms with Crippen LogP contribution >= 0.6 is 0 Å². The highest BCUT2D eigenvalue weighted by molar-refractivity contribution is 5.93. The average molecular weight is 390 g/mol. The molecule has 6 heteroatoms. The summed E-state index contributed by atoms with van der Waals surface area (Å²) >= 11 is 0. The van der Waals surface area contributed by atoms with Crippen molar-refractivity contribution in [1.82, 2.24) is 15.2 Å². The predicted octanol–water partition coefficient (Wildman–Crippen LogP) is 3.61. The van der Waals surface area contributed by atoms with E-state index in [2.05, 4.69) is 55.8 Å². The Bertz CT molecular complexity index is 946. The number of fused-ring (bicyclic) bond motifs is 1. The zero-order chi connectivity index (χ0) is 19.6. The number of hydrogen-bond acceptors (Lipinski definition) is 4. The number of hydrogen-bond donors (Lipinski definition) is 2. The number of aromatic nitrogens is 1. The van der Waals surface area contributed by atoms with E-state index in [1.807, 2.05) is 12.4 Å². The third-order valence-electron chi connectivity index (χ3n) is 6.13. The maximum absolute atomic E-state index is 11.6. The average Bonchev–Trinajstić information content (AvgIpc) is 3.29. The summed E-state index contributed by atoms with van der Waals surface area (Å²) in [6, 6.07) is 8.57. The molecule has 1 aromatic carbocycles. The third-order valence-corrected chi connectivity index (χ3v) is 6.13. The van der Waals surface area contributed by atoms with E-state index in [0.717, 1.165) is 44.0 Å². The molecule has 5 rings (SSSR count). The van der Waals surface area contributed by atoms with E-state index >= 15 is 0 Å². The quantitative estimate of drug-likeness (QED) is 0.839. The second kappa shape index (κ2) is 7.87. The highest BCUT2D eigenvalue weighted by Crippen LogP contribution is 2.28. The zero-order valence-corrected chi connectivity index (χ0v) is 16.7. The molecule has 0 atom stereocenters. The molecule has 0 bridgehead atoms. The highest BCUT2D eigenvalue weighted by atomic mass is 16.2. The lowest BCUT2D eigenvalue weighted by Gasteiger charge is -2.36. The molecule has 3 heterocycles. The summed E-state index contributed by atoms with van der Waals surface area (Å²) in [5.74, 6) is 0. The molecule has 0 saturated carbocycles. The molecule has 1 aliphatic carbocycles. The number of anilines is 2. The minimum atomic E-state index is -0.122. The van der Waals surface area contributed by atoms with Crippen LogP contribution < -0.4 is 15.5 Å². The van der Waals surface area contributed by atoms with Crippen LogP contribution in [0.4, 0.5) is 16.2 Å². The van der Waals surface area contributed by atoms with Crippen LogP contribution in [0.25, 0.3) is 5.57 Å². The molecule has 2 aliphatic heterocycles. The van der Waals surface area contributed by atoms with Gasteiger partial charge in [0.2, 0.25) is 0 Å². The molecule has 2 N–H and O–H groups in total. The first kappa shape index (κ1) is 18.2. The Morgan fingerprint density at radius 1 is 1.07 bits per heavy atom. The number of nitrogens with one attached hydrogen (secondary N) is 2. The third kappa shape index (κ3) is 3.98. The number of urea groups is 1. The number of benzene rings is 1. The van der Waals surface area contributed by atoms with Crippen LogP contribution in [-0.2, 0) is 13.1 Å². The predicted molar refractivity (Wildman–Crippen MR) is 116 cm³/mol. The van der Waals surface area contributed by atoms with E-state index in [4.69, 9.17) is 0 Å². The largest absolute Gasteiger partial charge is 0.369 e. The van der Waals surface area contributed by atoms with Crippen molar-refractivity contribution in [2.75, 3.05) is 36.4 Å². The molecule has 2 aromatic rings. The Balaban J connectivity index is 1.21. The van der Waals surface area contributed by atoms with E-state index in [-0.39, 0.29) is 6.03 Å². The number of pyridine rings is 1. The summed E-state index contributed by atoms with van der Waals surface area (Å²) in [6.07, 6.45) is 10.0. The van der Waals surface area contributed by atoms with E-state index in [9.17, 15) is 4.79 Å². The topological polar surface area (TPSA) is 60.5 Å². The van der Waals surface area contributed by atoms with Gasteiger partial charge in [0.05, 0.1) is 0 Å². The second-order valence-electron chi connectivity index (χ2n) is 8.12. The van der Waals surface area contributed by atoms with Crippen molar-refractivity contribution < 1.29 is 4.79 Å². The monoisotopic (exact) mass is 389 g/mol. The summed E-state index contributed by atoms with van der Waals surface area (Å²) in [5.41, 5.74) is 7.30. The van der Waals surface area contributed by atoms with Gasteiger partial charge in [-0.2, -0.15) is 0 Å². The molecule has 29 heavy (non-hydrogen) atoms. The summed E-state index contributed by atoms with van der Waals surface area (Å²) < 4.78 is 0. The van der Waals surface area contributed by atoms with Gasteiger partial charge < -0.3 is 15.5 Å². The van der Waals surface area contributed by atoms with Crippen molar-refractivity contribution in [1.29, 1.82) is 0 Å². The molecule has 0 spiro atoms. The number of rotatable bonds is 4. The number of carbonyl (C=O) groups excluding carboxylic acids is 1. The Hall–Kier alpha value is -2.86. The van der Waals surface area contributed by atoms with E-state index in [0.29, 0.717) is 6.54 Å². The standard InChI is InChI=1S/C23H27N5O/c29-23-25-15-19-5-6-21(12-22(19)26-23)28-9-7-27(8-10-28)16-17-11-20(14-24-13-17)18-3-1-2-4-18/h3,5-6,11-14H,1-2,4,7-10,15-16H2,(H2,25,26,29). The Morgan fingerprint density at radius 3 is 2.79 bits per heavy atom. The fourth-order valence-corrected chi connectivity index (χ4v) is 4.48. The van der Waals surface area contributed by atoms with Crippen molar-refractivity contribution in [3.05, 3.63) is 59.4 Å². The molecule has 0 unspecified atom stereocenters. The normalized spacial score (nSPS) is 19.4. The molecule has 1 aromatic heterocycles. The van der Waals surface area contributed by atoms with Crippen LogP contribution in [0.15, 0.2) is 42.7 Å². The van der Waals surface area contributed by atoms with Gasteiger partial charge in [0, 0.05) is 63.0 Å². The van der Waals surface area contributed by atoms with Gasteiger partial charge in [0.15, 0.2) is 0 Å². The lowest BCUT2D eigenvalue weighted by Crippen LogP contribution is -2.46. The van der Waals surface area contributed by atoms with E-state index < -0.39 is 0 Å². The molecule has 2 amide bonds. The Morgan fingerprint density at radius 2 is 1.97 bits per heavy atom. The first-order valence-corrected chi connectivity index (χ1v) is 10.5. The number of carbonyl (C=O) groups is 1. The molecule has 6 nitrogen and oxygen atoms in total. The number of nitrogens with zero attached hydrogens (tertiary/aromatic N) is 3. The van der Waals surface area contributed by atoms with Gasteiger partial charge >= 0.3 is 6.03 Å². The maximum atomic E-state index is 11.6. The van der Waals surface area contributed by atoms with Gasteiger partial charge in [-0.25, -0.2) is 4.79 Å². The fraction of sp³-hybridized carbons (Fsp3) is 0.391. The number of amides is 2. The van der Waals surface area contributed by atoms with Gasteiger partial charge in [-0.15, -0.1) is 0 Å². The van der Waals surface area contributed by atoms with Crippen molar-refractivity contribution >= 4 is 23.0 Å². The number of allylic oxidation sites excluding steroid dienone is 2. The minimum Gasteiger partial charge on any atom is -0.369 e. The first-order chi connectivity index (χ1) is 14.2. The van der Waals surface area contributed by atoms with E-state index in [1.54, 1.807) is 0 Å². The van der Waals surface area contributed by atoms with Crippen LogP contribution in [0.2, 0.25) is 0 Å². The highest BCUT2D eigenvalue weighted by Gasteiger charge is 2.20.